The Kier molecular flexibility index (Phi) is 4.05. The summed E-state index contributed by atoms with van der Waals surface area (Å²) >= 11 is 1.53. The number of hydrogen-bond donors (Lipinski definition) is 0. The molecule has 76 valence electrons. The lowest BCUT2D eigenvalue weighted by atomic mass is 10.3. The Bertz CT molecular complexity index is 336. The van der Waals surface area contributed by atoms with Gasteiger partial charge < -0.3 is 4.90 Å². The molecule has 0 aliphatic rings. The zero-order valence-corrected chi connectivity index (χ0v) is 9.69. The Morgan fingerprint density at radius 3 is 2.64 bits per heavy atom. The van der Waals surface area contributed by atoms with E-state index in [1.165, 1.54) is 11.3 Å². The average Bonchev–Trinajstić information content (AvgIpc) is 2.57. The van der Waals surface area contributed by atoms with E-state index in [-0.39, 0.29) is 0 Å². The van der Waals surface area contributed by atoms with Crippen LogP contribution in [0.1, 0.15) is 22.5 Å². The number of thiazole rings is 1. The van der Waals surface area contributed by atoms with Crippen LogP contribution < -0.4 is 0 Å². The van der Waals surface area contributed by atoms with E-state index in [1.54, 1.807) is 0 Å². The van der Waals surface area contributed by atoms with Crippen LogP contribution in [0, 0.1) is 11.3 Å². The van der Waals surface area contributed by atoms with E-state index in [9.17, 15) is 0 Å². The molecule has 0 atom stereocenters. The van der Waals surface area contributed by atoms with Gasteiger partial charge >= 0.3 is 0 Å². The first-order valence-corrected chi connectivity index (χ1v) is 5.52. The summed E-state index contributed by atoms with van der Waals surface area (Å²) < 4.78 is 0. The molecule has 0 saturated heterocycles. The van der Waals surface area contributed by atoms with E-state index in [0.29, 0.717) is 0 Å². The van der Waals surface area contributed by atoms with Gasteiger partial charge in [0.1, 0.15) is 10.9 Å². The topological polar surface area (TPSA) is 39.9 Å². The van der Waals surface area contributed by atoms with Gasteiger partial charge in [-0.25, -0.2) is 4.98 Å². The molecule has 0 radical (unpaired) electrons. The van der Waals surface area contributed by atoms with Crippen LogP contribution in [0.3, 0.4) is 0 Å². The SMILES string of the molecule is CCc1nc(CCN(C)C)sc1C#N. The fourth-order valence-corrected chi connectivity index (χ4v) is 2.09. The van der Waals surface area contributed by atoms with Crippen molar-refractivity contribution >= 4 is 11.3 Å². The lowest BCUT2D eigenvalue weighted by Crippen LogP contribution is -2.14. The molecule has 0 unspecified atom stereocenters. The van der Waals surface area contributed by atoms with Gasteiger partial charge in [0.05, 0.1) is 10.7 Å². The van der Waals surface area contributed by atoms with Crippen LogP contribution in [0.15, 0.2) is 0 Å². The van der Waals surface area contributed by atoms with Gasteiger partial charge in [0.25, 0.3) is 0 Å². The molecule has 0 bridgehead atoms. The van der Waals surface area contributed by atoms with Crippen LogP contribution in [0.2, 0.25) is 0 Å². The van der Waals surface area contributed by atoms with E-state index in [1.807, 2.05) is 21.0 Å². The third-order valence-corrected chi connectivity index (χ3v) is 3.01. The van der Waals surface area contributed by atoms with Gasteiger partial charge in [0.15, 0.2) is 0 Å². The fourth-order valence-electron chi connectivity index (χ4n) is 1.15. The summed E-state index contributed by atoms with van der Waals surface area (Å²) in [5, 5.41) is 9.93. The summed E-state index contributed by atoms with van der Waals surface area (Å²) in [6, 6.07) is 2.20. The monoisotopic (exact) mass is 209 g/mol. The maximum Gasteiger partial charge on any atom is 0.128 e. The van der Waals surface area contributed by atoms with Crippen molar-refractivity contribution in [3.63, 3.8) is 0 Å². The summed E-state index contributed by atoms with van der Waals surface area (Å²) in [4.78, 5) is 7.34. The second-order valence-electron chi connectivity index (χ2n) is 3.40. The molecule has 0 saturated carbocycles. The maximum atomic E-state index is 8.85. The van der Waals surface area contributed by atoms with Crippen LogP contribution in [-0.4, -0.2) is 30.5 Å². The first kappa shape index (κ1) is 11.2. The molecule has 1 rings (SSSR count). The number of rotatable bonds is 4. The molecule has 3 nitrogen and oxygen atoms in total. The van der Waals surface area contributed by atoms with E-state index >= 15 is 0 Å². The number of likely N-dealkylation sites (N-methyl/N-ethyl adjacent to an activating group) is 1. The molecule has 0 amide bonds. The van der Waals surface area contributed by atoms with Gasteiger partial charge in [-0.05, 0) is 20.5 Å². The van der Waals surface area contributed by atoms with Crippen molar-refractivity contribution in [2.24, 2.45) is 0 Å². The first-order chi connectivity index (χ1) is 6.67. The van der Waals surface area contributed by atoms with Gasteiger partial charge in [-0.3, -0.25) is 0 Å². The molecular weight excluding hydrogens is 194 g/mol. The molecule has 0 aromatic carbocycles. The van der Waals surface area contributed by atoms with Crippen molar-refractivity contribution in [1.29, 1.82) is 5.26 Å². The van der Waals surface area contributed by atoms with E-state index in [4.69, 9.17) is 5.26 Å². The van der Waals surface area contributed by atoms with Crippen LogP contribution in [0.25, 0.3) is 0 Å². The molecule has 0 fully saturated rings. The van der Waals surface area contributed by atoms with Crippen LogP contribution in [-0.2, 0) is 12.8 Å². The van der Waals surface area contributed by atoms with E-state index < -0.39 is 0 Å². The number of aromatic nitrogens is 1. The minimum Gasteiger partial charge on any atom is -0.309 e. The molecule has 1 heterocycles. The third kappa shape index (κ3) is 2.79. The Morgan fingerprint density at radius 2 is 2.21 bits per heavy atom. The highest BCUT2D eigenvalue weighted by atomic mass is 32.1. The predicted octanol–water partition coefficient (Wildman–Crippen LogP) is 1.68. The summed E-state index contributed by atoms with van der Waals surface area (Å²) in [6.07, 6.45) is 1.79. The Balaban J connectivity index is 2.71. The van der Waals surface area contributed by atoms with E-state index in [2.05, 4.69) is 16.0 Å². The van der Waals surface area contributed by atoms with Crippen LogP contribution in [0.5, 0.6) is 0 Å². The highest BCUT2D eigenvalue weighted by Crippen LogP contribution is 2.18. The van der Waals surface area contributed by atoms with Gasteiger partial charge in [0, 0.05) is 13.0 Å². The third-order valence-electron chi connectivity index (χ3n) is 1.95. The second-order valence-corrected chi connectivity index (χ2v) is 4.49. The summed E-state index contributed by atoms with van der Waals surface area (Å²) in [5.74, 6) is 0. The fraction of sp³-hybridized carbons (Fsp3) is 0.600. The lowest BCUT2D eigenvalue weighted by Gasteiger charge is -2.06. The molecule has 0 aliphatic carbocycles. The lowest BCUT2D eigenvalue weighted by molar-refractivity contribution is 0.413. The Hall–Kier alpha value is -0.920. The van der Waals surface area contributed by atoms with Crippen molar-refractivity contribution in [3.05, 3.63) is 15.6 Å². The Morgan fingerprint density at radius 1 is 1.50 bits per heavy atom. The van der Waals surface area contributed by atoms with Gasteiger partial charge in [-0.2, -0.15) is 5.26 Å². The molecule has 1 aromatic heterocycles. The smallest absolute Gasteiger partial charge is 0.128 e. The number of hydrogen-bond acceptors (Lipinski definition) is 4. The summed E-state index contributed by atoms with van der Waals surface area (Å²) in [7, 11) is 4.08. The molecule has 0 aliphatic heterocycles. The van der Waals surface area contributed by atoms with Crippen LogP contribution >= 0.6 is 11.3 Å². The molecule has 0 N–H and O–H groups in total. The number of aryl methyl sites for hydroxylation is 1. The zero-order chi connectivity index (χ0) is 10.6. The normalized spacial score (nSPS) is 10.5. The standard InChI is InChI=1S/C10H15N3S/c1-4-8-9(7-11)14-10(12-8)5-6-13(2)3/h4-6H2,1-3H3. The van der Waals surface area contributed by atoms with Crippen molar-refractivity contribution < 1.29 is 0 Å². The summed E-state index contributed by atoms with van der Waals surface area (Å²) in [6.45, 7) is 3.02. The van der Waals surface area contributed by atoms with Gasteiger partial charge in [0.2, 0.25) is 0 Å². The quantitative estimate of drug-likeness (QED) is 0.757. The average molecular weight is 209 g/mol. The van der Waals surface area contributed by atoms with Crippen molar-refractivity contribution in [2.75, 3.05) is 20.6 Å². The van der Waals surface area contributed by atoms with Crippen LogP contribution in [0.4, 0.5) is 0 Å². The van der Waals surface area contributed by atoms with Gasteiger partial charge in [-0.15, -0.1) is 11.3 Å². The summed E-state index contributed by atoms with van der Waals surface area (Å²) in [5.41, 5.74) is 0.950. The molecular formula is C10H15N3S. The minimum atomic E-state index is 0.779. The minimum absolute atomic E-state index is 0.779. The zero-order valence-electron chi connectivity index (χ0n) is 8.87. The van der Waals surface area contributed by atoms with Crippen molar-refractivity contribution in [1.82, 2.24) is 9.88 Å². The van der Waals surface area contributed by atoms with Gasteiger partial charge in [-0.1, -0.05) is 6.92 Å². The maximum absolute atomic E-state index is 8.85. The second kappa shape index (κ2) is 5.08. The van der Waals surface area contributed by atoms with Crippen molar-refractivity contribution in [3.8, 4) is 6.07 Å². The first-order valence-electron chi connectivity index (χ1n) is 4.70. The molecule has 4 heteroatoms. The highest BCUT2D eigenvalue weighted by Gasteiger charge is 2.08. The molecule has 1 aromatic rings. The molecule has 0 spiro atoms. The van der Waals surface area contributed by atoms with E-state index in [0.717, 1.165) is 35.0 Å². The highest BCUT2D eigenvalue weighted by molar-refractivity contribution is 7.12. The number of nitrogens with zero attached hydrogens (tertiary/aromatic N) is 3. The predicted molar refractivity (Wildman–Crippen MR) is 58.5 cm³/mol. The van der Waals surface area contributed by atoms with Crippen molar-refractivity contribution in [2.45, 2.75) is 19.8 Å². The Labute approximate surface area is 89.0 Å². The largest absolute Gasteiger partial charge is 0.309 e. The molecule has 14 heavy (non-hydrogen) atoms. The number of nitriles is 1.